The molecular weight excluding hydrogens is 360 g/mol. The Bertz CT molecular complexity index is 818. The fraction of sp³-hybridized carbons (Fsp3) is 0.286. The number of carbonyl (C=O) groups is 1. The van der Waals surface area contributed by atoms with E-state index in [1.54, 1.807) is 0 Å². The van der Waals surface area contributed by atoms with E-state index in [1.165, 1.54) is 24.4 Å². The summed E-state index contributed by atoms with van der Waals surface area (Å²) < 4.78 is 24.2. The van der Waals surface area contributed by atoms with Gasteiger partial charge in [0.2, 0.25) is 0 Å². The third-order valence-corrected chi connectivity index (χ3v) is 6.55. The van der Waals surface area contributed by atoms with Crippen molar-refractivity contribution < 1.29 is 18.3 Å². The molecule has 1 heterocycles. The number of anilines is 1. The summed E-state index contributed by atoms with van der Waals surface area (Å²) in [6.07, 6.45) is 2.59. The lowest BCUT2D eigenvalue weighted by molar-refractivity contribution is 0.102. The van der Waals surface area contributed by atoms with Gasteiger partial charge >= 0.3 is 0 Å². The number of nitrogens with zero attached hydrogens (tertiary/aromatic N) is 1. The number of aromatic nitrogens is 1. The average molecular weight is 375 g/mol. The van der Waals surface area contributed by atoms with Crippen LogP contribution < -0.4 is 5.32 Å². The molecule has 2 rings (SSSR count). The first kappa shape index (κ1) is 17.7. The van der Waals surface area contributed by atoms with Crippen molar-refractivity contribution in [2.24, 2.45) is 0 Å². The highest BCUT2D eigenvalue weighted by molar-refractivity contribution is 7.93. The number of amides is 1. The number of thiazole rings is 1. The number of phenolic OH excluding ortho intramolecular Hbond substituents is 1. The normalized spacial score (nSPS) is 11.4. The predicted molar refractivity (Wildman–Crippen MR) is 90.1 cm³/mol. The maximum absolute atomic E-state index is 12.1. The van der Waals surface area contributed by atoms with Crippen LogP contribution >= 0.6 is 22.9 Å². The summed E-state index contributed by atoms with van der Waals surface area (Å²) in [4.78, 5) is 16.0. The summed E-state index contributed by atoms with van der Waals surface area (Å²) in [5.74, 6) is -0.518. The van der Waals surface area contributed by atoms with Gasteiger partial charge in [0.15, 0.2) is 15.0 Å². The Morgan fingerprint density at radius 2 is 2.17 bits per heavy atom. The molecule has 2 N–H and O–H groups in total. The maximum atomic E-state index is 12.1. The van der Waals surface area contributed by atoms with E-state index < -0.39 is 15.7 Å². The van der Waals surface area contributed by atoms with E-state index in [1.807, 2.05) is 6.92 Å². The second kappa shape index (κ2) is 7.29. The van der Waals surface area contributed by atoms with Gasteiger partial charge in [-0.1, -0.05) is 36.3 Å². The molecule has 0 saturated carbocycles. The number of sulfone groups is 1. The molecule has 6 nitrogen and oxygen atoms in total. The molecule has 0 bridgehead atoms. The van der Waals surface area contributed by atoms with Gasteiger partial charge in [0.05, 0.1) is 22.5 Å². The maximum Gasteiger partial charge on any atom is 0.258 e. The number of nitrogens with one attached hydrogen (secondary N) is 1. The Hall–Kier alpha value is -1.64. The molecule has 0 atom stereocenters. The number of hydrogen-bond acceptors (Lipinski definition) is 6. The molecule has 9 heteroatoms. The first-order valence-corrected chi connectivity index (χ1v) is 9.66. The van der Waals surface area contributed by atoms with E-state index in [0.717, 1.165) is 17.8 Å². The molecule has 0 aliphatic heterocycles. The predicted octanol–water partition coefficient (Wildman–Crippen LogP) is 3.33. The average Bonchev–Trinajstić information content (AvgIpc) is 2.94. The summed E-state index contributed by atoms with van der Waals surface area (Å²) >= 11 is 6.79. The zero-order valence-electron chi connectivity index (χ0n) is 12.2. The largest absolute Gasteiger partial charge is 0.508 e. The van der Waals surface area contributed by atoms with E-state index >= 15 is 0 Å². The molecule has 2 aromatic rings. The van der Waals surface area contributed by atoms with Crippen LogP contribution in [0.3, 0.4) is 0 Å². The lowest BCUT2D eigenvalue weighted by Crippen LogP contribution is -2.12. The highest BCUT2D eigenvalue weighted by atomic mass is 35.5. The van der Waals surface area contributed by atoms with E-state index in [-0.39, 0.29) is 31.4 Å². The van der Waals surface area contributed by atoms with Gasteiger partial charge in [-0.25, -0.2) is 13.4 Å². The van der Waals surface area contributed by atoms with Gasteiger partial charge in [-0.15, -0.1) is 0 Å². The van der Waals surface area contributed by atoms with Gasteiger partial charge in [0, 0.05) is 0 Å². The Morgan fingerprint density at radius 1 is 1.43 bits per heavy atom. The highest BCUT2D eigenvalue weighted by Gasteiger charge is 2.19. The van der Waals surface area contributed by atoms with Gasteiger partial charge in [-0.3, -0.25) is 10.1 Å². The molecule has 0 fully saturated rings. The number of halogens is 1. The fourth-order valence-corrected chi connectivity index (χ4v) is 4.63. The molecule has 1 aromatic heterocycles. The van der Waals surface area contributed by atoms with Crippen molar-refractivity contribution in [1.29, 1.82) is 0 Å². The van der Waals surface area contributed by atoms with Crippen molar-refractivity contribution >= 4 is 43.8 Å². The van der Waals surface area contributed by atoms with Crippen molar-refractivity contribution in [1.82, 2.24) is 4.98 Å². The third kappa shape index (κ3) is 4.43. The van der Waals surface area contributed by atoms with Crippen molar-refractivity contribution in [3.8, 4) is 5.75 Å². The lowest BCUT2D eigenvalue weighted by atomic mass is 10.2. The number of carbonyl (C=O) groups excluding carboxylic acids is 1. The number of hydrogen-bond donors (Lipinski definition) is 2. The number of benzene rings is 1. The van der Waals surface area contributed by atoms with Crippen molar-refractivity contribution in [3.63, 3.8) is 0 Å². The molecule has 0 spiro atoms. The van der Waals surface area contributed by atoms with Crippen molar-refractivity contribution in [2.75, 3.05) is 11.1 Å². The molecule has 1 aromatic carbocycles. The molecule has 0 unspecified atom stereocenters. The SMILES string of the molecule is CCCCS(=O)(=O)c1cnc(NC(=O)c2ccc(O)cc2Cl)s1. The smallest absolute Gasteiger partial charge is 0.258 e. The van der Waals surface area contributed by atoms with Crippen LogP contribution in [0.1, 0.15) is 30.1 Å². The van der Waals surface area contributed by atoms with E-state index in [4.69, 9.17) is 11.6 Å². The van der Waals surface area contributed by atoms with E-state index in [2.05, 4.69) is 10.3 Å². The zero-order chi connectivity index (χ0) is 17.0. The molecule has 0 aliphatic rings. The lowest BCUT2D eigenvalue weighted by Gasteiger charge is -2.04. The van der Waals surface area contributed by atoms with Gasteiger partial charge in [0.1, 0.15) is 9.96 Å². The summed E-state index contributed by atoms with van der Waals surface area (Å²) in [6.45, 7) is 1.91. The Balaban J connectivity index is 2.14. The minimum atomic E-state index is -3.37. The monoisotopic (exact) mass is 374 g/mol. The molecule has 1 amide bonds. The standard InChI is InChI=1S/C14H15ClN2O4S2/c1-2-3-6-23(20,21)12-8-16-14(22-12)17-13(19)10-5-4-9(18)7-11(10)15/h4-5,7-8,18H,2-3,6H2,1H3,(H,16,17,19). The molecular formula is C14H15ClN2O4S2. The summed E-state index contributed by atoms with van der Waals surface area (Å²) in [5, 5.41) is 12.1. The van der Waals surface area contributed by atoms with Crippen molar-refractivity contribution in [3.05, 3.63) is 35.0 Å². The fourth-order valence-electron chi connectivity index (χ4n) is 1.75. The Morgan fingerprint density at radius 3 is 2.83 bits per heavy atom. The first-order valence-electron chi connectivity index (χ1n) is 6.82. The Labute approximate surface area is 143 Å². The van der Waals surface area contributed by atoms with Crippen LogP contribution in [0, 0.1) is 0 Å². The number of rotatable bonds is 6. The molecule has 0 radical (unpaired) electrons. The number of unbranched alkanes of at least 4 members (excludes halogenated alkanes) is 1. The van der Waals surface area contributed by atoms with Gasteiger partial charge < -0.3 is 5.11 Å². The van der Waals surface area contributed by atoms with Crippen LogP contribution in [0.25, 0.3) is 0 Å². The molecule has 0 saturated heterocycles. The second-order valence-electron chi connectivity index (χ2n) is 4.78. The van der Waals surface area contributed by atoms with Crippen molar-refractivity contribution in [2.45, 2.75) is 24.0 Å². The number of phenols is 1. The third-order valence-electron chi connectivity index (χ3n) is 2.98. The van der Waals surface area contributed by atoms with Crippen LogP contribution in [0.4, 0.5) is 5.13 Å². The minimum Gasteiger partial charge on any atom is -0.508 e. The van der Waals surface area contributed by atoms with Crippen LogP contribution in [0.2, 0.25) is 5.02 Å². The van der Waals surface area contributed by atoms with Crippen LogP contribution in [0.5, 0.6) is 5.75 Å². The number of aromatic hydroxyl groups is 1. The van der Waals surface area contributed by atoms with Crippen LogP contribution in [0.15, 0.2) is 28.6 Å². The van der Waals surface area contributed by atoms with Gasteiger partial charge in [-0.2, -0.15) is 0 Å². The van der Waals surface area contributed by atoms with Gasteiger partial charge in [0.25, 0.3) is 5.91 Å². The van der Waals surface area contributed by atoms with E-state index in [0.29, 0.717) is 6.42 Å². The van der Waals surface area contributed by atoms with Crippen LogP contribution in [-0.4, -0.2) is 30.2 Å². The molecule has 0 aliphatic carbocycles. The summed E-state index contributed by atoms with van der Waals surface area (Å²) in [6, 6.07) is 3.96. The highest BCUT2D eigenvalue weighted by Crippen LogP contribution is 2.26. The van der Waals surface area contributed by atoms with E-state index in [9.17, 15) is 18.3 Å². The minimum absolute atomic E-state index is 0.0508. The summed E-state index contributed by atoms with van der Waals surface area (Å²) in [5.41, 5.74) is 0.162. The van der Waals surface area contributed by atoms with Gasteiger partial charge in [-0.05, 0) is 24.6 Å². The van der Waals surface area contributed by atoms with Crippen LogP contribution in [-0.2, 0) is 9.84 Å². The summed E-state index contributed by atoms with van der Waals surface area (Å²) in [7, 11) is -3.37. The first-order chi connectivity index (χ1) is 10.8. The Kier molecular flexibility index (Phi) is 5.61. The second-order valence-corrected chi connectivity index (χ2v) is 8.55. The zero-order valence-corrected chi connectivity index (χ0v) is 14.6. The quantitative estimate of drug-likeness (QED) is 0.808. The molecule has 23 heavy (non-hydrogen) atoms. The topological polar surface area (TPSA) is 96.4 Å². The molecule has 124 valence electrons.